The molecule has 2 nitrogen and oxygen atoms in total. The quantitative estimate of drug-likeness (QED) is 0.843. The summed E-state index contributed by atoms with van der Waals surface area (Å²) in [5, 5.41) is 0. The fourth-order valence-corrected chi connectivity index (χ4v) is 2.35. The van der Waals surface area contributed by atoms with E-state index in [2.05, 4.69) is 15.9 Å². The first-order valence-electron chi connectivity index (χ1n) is 6.95. The number of hydrogen-bond donors (Lipinski definition) is 1. The summed E-state index contributed by atoms with van der Waals surface area (Å²) >= 11 is 3.47. The Labute approximate surface area is 133 Å². The number of aryl methyl sites for hydroxylation is 1. The van der Waals surface area contributed by atoms with Crippen molar-refractivity contribution in [3.63, 3.8) is 0 Å². The molecule has 0 radical (unpaired) electrons. The topological polar surface area (TPSA) is 35.2 Å². The molecule has 0 aliphatic heterocycles. The number of ether oxygens (including phenoxy) is 1. The van der Waals surface area contributed by atoms with Crippen molar-refractivity contribution in [1.29, 1.82) is 0 Å². The van der Waals surface area contributed by atoms with E-state index in [9.17, 15) is 4.39 Å². The Morgan fingerprint density at radius 3 is 2.43 bits per heavy atom. The van der Waals surface area contributed by atoms with E-state index < -0.39 is 0 Å². The van der Waals surface area contributed by atoms with Crippen LogP contribution >= 0.6 is 15.9 Å². The molecule has 0 heterocycles. The molecule has 2 N–H and O–H groups in total. The van der Waals surface area contributed by atoms with Gasteiger partial charge in [-0.3, -0.25) is 0 Å². The van der Waals surface area contributed by atoms with Gasteiger partial charge in [-0.05, 0) is 54.8 Å². The molecular formula is C17H19BrFNO. The maximum absolute atomic E-state index is 13.1. The monoisotopic (exact) mass is 351 g/mol. The Balaban J connectivity index is 2.28. The predicted molar refractivity (Wildman–Crippen MR) is 86.9 cm³/mol. The Bertz CT molecular complexity index is 600. The van der Waals surface area contributed by atoms with Crippen molar-refractivity contribution >= 4 is 15.9 Å². The van der Waals surface area contributed by atoms with E-state index in [4.69, 9.17) is 10.5 Å². The van der Waals surface area contributed by atoms with E-state index >= 15 is 0 Å². The molecule has 0 saturated carbocycles. The van der Waals surface area contributed by atoms with E-state index in [-0.39, 0.29) is 18.0 Å². The van der Waals surface area contributed by atoms with Crippen LogP contribution in [0, 0.1) is 12.7 Å². The Hall–Kier alpha value is -1.39. The molecule has 112 valence electrons. The lowest BCUT2D eigenvalue weighted by atomic mass is 10.0. The Kier molecular flexibility index (Phi) is 5.37. The first kappa shape index (κ1) is 16.0. The zero-order chi connectivity index (χ0) is 15.4. The molecule has 2 rings (SSSR count). The van der Waals surface area contributed by atoms with Gasteiger partial charge >= 0.3 is 0 Å². The van der Waals surface area contributed by atoms with Crippen molar-refractivity contribution in [3.05, 3.63) is 63.9 Å². The molecule has 0 saturated heterocycles. The summed E-state index contributed by atoms with van der Waals surface area (Å²) in [6.07, 6.45) is 0.480. The van der Waals surface area contributed by atoms with Gasteiger partial charge in [0.2, 0.25) is 0 Å². The van der Waals surface area contributed by atoms with Crippen LogP contribution in [0.25, 0.3) is 0 Å². The van der Waals surface area contributed by atoms with Gasteiger partial charge in [0.15, 0.2) is 0 Å². The van der Waals surface area contributed by atoms with E-state index in [1.165, 1.54) is 12.1 Å². The highest BCUT2D eigenvalue weighted by Crippen LogP contribution is 2.28. The summed E-state index contributed by atoms with van der Waals surface area (Å²) in [4.78, 5) is 0. The van der Waals surface area contributed by atoms with Crippen LogP contribution in [0.15, 0.2) is 46.9 Å². The van der Waals surface area contributed by atoms with Gasteiger partial charge in [0.05, 0.1) is 0 Å². The van der Waals surface area contributed by atoms with Crippen LogP contribution in [0.2, 0.25) is 0 Å². The van der Waals surface area contributed by atoms with Gasteiger partial charge in [0.25, 0.3) is 0 Å². The molecule has 2 atom stereocenters. The summed E-state index contributed by atoms with van der Waals surface area (Å²) in [7, 11) is 0. The highest BCUT2D eigenvalue weighted by atomic mass is 79.9. The summed E-state index contributed by atoms with van der Waals surface area (Å²) in [5.41, 5.74) is 8.15. The maximum atomic E-state index is 13.1. The van der Waals surface area contributed by atoms with E-state index in [0.29, 0.717) is 0 Å². The summed E-state index contributed by atoms with van der Waals surface area (Å²) < 4.78 is 20.2. The number of hydrogen-bond acceptors (Lipinski definition) is 2. The Morgan fingerprint density at radius 2 is 1.86 bits per heavy atom. The van der Waals surface area contributed by atoms with Gasteiger partial charge in [-0.1, -0.05) is 35.0 Å². The van der Waals surface area contributed by atoms with Gasteiger partial charge in [-0.25, -0.2) is 4.39 Å². The lowest BCUT2D eigenvalue weighted by Crippen LogP contribution is -2.31. The van der Waals surface area contributed by atoms with Gasteiger partial charge in [-0.2, -0.15) is 0 Å². The van der Waals surface area contributed by atoms with Crippen LogP contribution in [0.4, 0.5) is 4.39 Å². The molecule has 21 heavy (non-hydrogen) atoms. The smallest absolute Gasteiger partial charge is 0.139 e. The van der Waals surface area contributed by atoms with Gasteiger partial charge in [-0.15, -0.1) is 0 Å². The highest BCUT2D eigenvalue weighted by molar-refractivity contribution is 9.10. The molecule has 0 aliphatic rings. The first-order chi connectivity index (χ1) is 10.0. The third kappa shape index (κ3) is 4.05. The van der Waals surface area contributed by atoms with E-state index in [1.54, 1.807) is 12.1 Å². The Morgan fingerprint density at radius 1 is 1.19 bits per heavy atom. The van der Waals surface area contributed by atoms with Crippen LogP contribution in [0.3, 0.4) is 0 Å². The standard InChI is InChI=1S/C17H19BrFNO/c1-3-16(20)17(12-4-6-13(19)7-5-12)21-14-8-9-15(18)11(2)10-14/h4-10,16-17H,3,20H2,1-2H3. The minimum atomic E-state index is -0.295. The average molecular weight is 352 g/mol. The zero-order valence-corrected chi connectivity index (χ0v) is 13.7. The van der Waals surface area contributed by atoms with Crippen molar-refractivity contribution < 1.29 is 9.13 Å². The number of nitrogens with two attached hydrogens (primary N) is 1. The van der Waals surface area contributed by atoms with Crippen molar-refractivity contribution in [1.82, 2.24) is 0 Å². The molecule has 0 bridgehead atoms. The highest BCUT2D eigenvalue weighted by Gasteiger charge is 2.20. The lowest BCUT2D eigenvalue weighted by molar-refractivity contribution is 0.171. The third-order valence-electron chi connectivity index (χ3n) is 3.45. The molecule has 4 heteroatoms. The second-order valence-corrected chi connectivity index (χ2v) is 5.93. The molecule has 0 fully saturated rings. The van der Waals surface area contributed by atoms with Crippen LogP contribution in [0.5, 0.6) is 5.75 Å². The second kappa shape index (κ2) is 7.05. The summed E-state index contributed by atoms with van der Waals surface area (Å²) in [6.45, 7) is 4.01. The fraction of sp³-hybridized carbons (Fsp3) is 0.294. The zero-order valence-electron chi connectivity index (χ0n) is 12.1. The predicted octanol–water partition coefficient (Wildman–Crippen LogP) is 4.75. The molecule has 2 aromatic rings. The average Bonchev–Trinajstić information content (AvgIpc) is 2.48. The normalized spacial score (nSPS) is 13.8. The van der Waals surface area contributed by atoms with Crippen LogP contribution < -0.4 is 10.5 Å². The van der Waals surface area contributed by atoms with E-state index in [1.807, 2.05) is 32.0 Å². The third-order valence-corrected chi connectivity index (χ3v) is 4.34. The lowest BCUT2D eigenvalue weighted by Gasteiger charge is -2.25. The molecule has 2 unspecified atom stereocenters. The van der Waals surface area contributed by atoms with Crippen LogP contribution in [-0.4, -0.2) is 6.04 Å². The fourth-order valence-electron chi connectivity index (χ4n) is 2.11. The van der Waals surface area contributed by atoms with Crippen LogP contribution in [-0.2, 0) is 0 Å². The molecule has 0 spiro atoms. The van der Waals surface area contributed by atoms with Gasteiger partial charge in [0.1, 0.15) is 17.7 Å². The molecule has 0 aromatic heterocycles. The number of benzene rings is 2. The van der Waals surface area contributed by atoms with Crippen molar-refractivity contribution in [2.24, 2.45) is 5.73 Å². The molecular weight excluding hydrogens is 333 g/mol. The second-order valence-electron chi connectivity index (χ2n) is 5.07. The molecule has 0 amide bonds. The van der Waals surface area contributed by atoms with Crippen molar-refractivity contribution in [2.75, 3.05) is 0 Å². The minimum absolute atomic E-state index is 0.153. The van der Waals surface area contributed by atoms with Gasteiger partial charge in [0, 0.05) is 10.5 Å². The van der Waals surface area contributed by atoms with Crippen molar-refractivity contribution in [2.45, 2.75) is 32.4 Å². The van der Waals surface area contributed by atoms with Crippen LogP contribution in [0.1, 0.15) is 30.6 Å². The molecule has 2 aromatic carbocycles. The van der Waals surface area contributed by atoms with Crippen molar-refractivity contribution in [3.8, 4) is 5.75 Å². The number of rotatable bonds is 5. The first-order valence-corrected chi connectivity index (χ1v) is 7.74. The minimum Gasteiger partial charge on any atom is -0.484 e. The number of halogens is 2. The largest absolute Gasteiger partial charge is 0.484 e. The van der Waals surface area contributed by atoms with Gasteiger partial charge < -0.3 is 10.5 Å². The molecule has 0 aliphatic carbocycles. The summed E-state index contributed by atoms with van der Waals surface area (Å²) in [6, 6.07) is 12.0. The van der Waals surface area contributed by atoms with E-state index in [0.717, 1.165) is 27.8 Å². The summed E-state index contributed by atoms with van der Waals surface area (Å²) in [5.74, 6) is 0.496. The maximum Gasteiger partial charge on any atom is 0.139 e. The SMILES string of the molecule is CCC(N)C(Oc1ccc(Br)c(C)c1)c1ccc(F)cc1.